The zero-order valence-electron chi connectivity index (χ0n) is 18.4. The van der Waals surface area contributed by atoms with Gasteiger partial charge in [0.25, 0.3) is 0 Å². The zero-order valence-corrected chi connectivity index (χ0v) is 20.8. The van der Waals surface area contributed by atoms with Crippen LogP contribution in [0.5, 0.6) is 5.75 Å². The van der Waals surface area contributed by atoms with Crippen LogP contribution in [0.1, 0.15) is 24.0 Å². The van der Waals surface area contributed by atoms with Crippen LogP contribution in [0.15, 0.2) is 71.6 Å². The second-order valence-electron chi connectivity index (χ2n) is 7.64. The van der Waals surface area contributed by atoms with Gasteiger partial charge >= 0.3 is 0 Å². The van der Waals surface area contributed by atoms with Gasteiger partial charge in [-0.2, -0.15) is 0 Å². The van der Waals surface area contributed by atoms with Crippen LogP contribution in [0.3, 0.4) is 0 Å². The fraction of sp³-hybridized carbons (Fsp3) is 0.269. The Labute approximate surface area is 210 Å². The first-order valence-corrected chi connectivity index (χ1v) is 11.9. The van der Waals surface area contributed by atoms with Crippen molar-refractivity contribution in [2.45, 2.75) is 29.8 Å². The average molecular weight is 504 g/mol. The van der Waals surface area contributed by atoms with Crippen molar-refractivity contribution >= 4 is 47.8 Å². The number of ether oxygens (including phenoxy) is 2. The molecular formula is C26H27Cl2NO3S. The summed E-state index contributed by atoms with van der Waals surface area (Å²) in [7, 11) is 1.89. The Bertz CT molecular complexity index is 1040. The van der Waals surface area contributed by atoms with Crippen LogP contribution in [-0.4, -0.2) is 26.5 Å². The summed E-state index contributed by atoms with van der Waals surface area (Å²) in [6.07, 6.45) is 2.89. The average Bonchev–Trinajstić information content (AvgIpc) is 2.82. The maximum Gasteiger partial charge on any atom is 0.140 e. The van der Waals surface area contributed by atoms with Gasteiger partial charge in [0, 0.05) is 52.5 Å². The highest BCUT2D eigenvalue weighted by Gasteiger charge is 2.38. The molecule has 1 aliphatic heterocycles. The van der Waals surface area contributed by atoms with Gasteiger partial charge in [-0.15, -0.1) is 12.6 Å². The minimum atomic E-state index is -0.485. The van der Waals surface area contributed by atoms with Gasteiger partial charge in [0.1, 0.15) is 17.6 Å². The van der Waals surface area contributed by atoms with Crippen LogP contribution >= 0.6 is 35.8 Å². The lowest BCUT2D eigenvalue weighted by Crippen LogP contribution is -2.39. The van der Waals surface area contributed by atoms with Crippen LogP contribution in [0.25, 0.3) is 0 Å². The molecule has 174 valence electrons. The summed E-state index contributed by atoms with van der Waals surface area (Å²) in [5, 5.41) is 4.36. The number of thiol groups is 1. The minimum Gasteiger partial charge on any atom is -0.482 e. The molecule has 4 rings (SSSR count). The molecule has 7 heteroatoms. The molecule has 0 bridgehead atoms. The van der Waals surface area contributed by atoms with E-state index in [0.29, 0.717) is 29.7 Å². The van der Waals surface area contributed by atoms with Gasteiger partial charge < -0.3 is 19.6 Å². The Morgan fingerprint density at radius 3 is 2.27 bits per heavy atom. The highest BCUT2D eigenvalue weighted by atomic mass is 35.5. The number of hydrogen-bond acceptors (Lipinski definition) is 5. The normalized spacial score (nSPS) is 14.5. The number of nitrogens with one attached hydrogen (secondary N) is 1. The van der Waals surface area contributed by atoms with Gasteiger partial charge in [-0.25, -0.2) is 0 Å². The van der Waals surface area contributed by atoms with E-state index < -0.39 is 5.60 Å². The summed E-state index contributed by atoms with van der Waals surface area (Å²) in [6.45, 7) is 1.29. The summed E-state index contributed by atoms with van der Waals surface area (Å²) in [5.41, 5.74) is 2.56. The lowest BCUT2D eigenvalue weighted by atomic mass is 9.86. The molecule has 1 fully saturated rings. The van der Waals surface area contributed by atoms with Crippen LogP contribution in [-0.2, 0) is 21.6 Å². The second-order valence-corrected chi connectivity index (χ2v) is 9.00. The van der Waals surface area contributed by atoms with E-state index in [0.717, 1.165) is 46.6 Å². The Balaban J connectivity index is 0.000000257. The van der Waals surface area contributed by atoms with Crippen molar-refractivity contribution in [2.24, 2.45) is 0 Å². The standard InChI is InChI=1S/C18H19Cl2NO2.C8H8OS/c1-21-14-3-5-15(6-4-14)23-18(8-10-22-11-9-18)16-7-2-13(19)12-17(16)20;9-6-5-7-1-3-8(10)4-2-7/h2-7,12,21H,8-11H2,1H3;1-4,6,10H,5H2. The molecule has 1 N–H and O–H groups in total. The number of anilines is 1. The Morgan fingerprint density at radius 1 is 1.03 bits per heavy atom. The van der Waals surface area contributed by atoms with E-state index in [1.165, 1.54) is 0 Å². The smallest absolute Gasteiger partial charge is 0.140 e. The van der Waals surface area contributed by atoms with Crippen LogP contribution in [0.2, 0.25) is 10.0 Å². The third-order valence-electron chi connectivity index (χ3n) is 5.43. The summed E-state index contributed by atoms with van der Waals surface area (Å²) in [6, 6.07) is 21.0. The first-order valence-electron chi connectivity index (χ1n) is 10.7. The van der Waals surface area contributed by atoms with Gasteiger partial charge in [-0.3, -0.25) is 0 Å². The summed E-state index contributed by atoms with van der Waals surface area (Å²) < 4.78 is 11.9. The third-order valence-corrected chi connectivity index (χ3v) is 6.28. The highest BCUT2D eigenvalue weighted by molar-refractivity contribution is 7.80. The van der Waals surface area contributed by atoms with Crippen molar-refractivity contribution in [3.8, 4) is 5.75 Å². The van der Waals surface area contributed by atoms with Crippen molar-refractivity contribution in [1.29, 1.82) is 0 Å². The van der Waals surface area contributed by atoms with Crippen molar-refractivity contribution in [1.82, 2.24) is 0 Å². The zero-order chi connectivity index (χ0) is 23.7. The topological polar surface area (TPSA) is 47.6 Å². The molecule has 0 aliphatic carbocycles. The van der Waals surface area contributed by atoms with Gasteiger partial charge in [-0.1, -0.05) is 41.4 Å². The predicted molar refractivity (Wildman–Crippen MR) is 138 cm³/mol. The maximum absolute atomic E-state index is 10.0. The minimum absolute atomic E-state index is 0.485. The third kappa shape index (κ3) is 7.15. The van der Waals surface area contributed by atoms with E-state index in [1.54, 1.807) is 6.07 Å². The van der Waals surface area contributed by atoms with E-state index in [-0.39, 0.29) is 0 Å². The van der Waals surface area contributed by atoms with Crippen molar-refractivity contribution in [3.05, 3.63) is 87.9 Å². The molecule has 0 unspecified atom stereocenters. The quantitative estimate of drug-likeness (QED) is 0.285. The number of halogens is 2. The molecule has 0 amide bonds. The molecule has 1 heterocycles. The molecule has 1 aliphatic rings. The van der Waals surface area contributed by atoms with Crippen molar-refractivity contribution in [2.75, 3.05) is 25.6 Å². The molecule has 1 saturated heterocycles. The van der Waals surface area contributed by atoms with Crippen molar-refractivity contribution in [3.63, 3.8) is 0 Å². The number of aldehydes is 1. The summed E-state index contributed by atoms with van der Waals surface area (Å²) in [4.78, 5) is 11.0. The summed E-state index contributed by atoms with van der Waals surface area (Å²) >= 11 is 16.6. The maximum atomic E-state index is 10.0. The number of benzene rings is 3. The van der Waals surface area contributed by atoms with Gasteiger partial charge in [-0.05, 0) is 54.1 Å². The van der Waals surface area contributed by atoms with E-state index in [4.69, 9.17) is 32.7 Å². The first-order chi connectivity index (χ1) is 16.0. The van der Waals surface area contributed by atoms with Gasteiger partial charge in [0.05, 0.1) is 13.2 Å². The van der Waals surface area contributed by atoms with Crippen LogP contribution in [0, 0.1) is 0 Å². The lowest BCUT2D eigenvalue weighted by Gasteiger charge is -2.38. The molecule has 0 spiro atoms. The molecule has 0 aromatic heterocycles. The van der Waals surface area contributed by atoms with Crippen LogP contribution in [0.4, 0.5) is 5.69 Å². The fourth-order valence-electron chi connectivity index (χ4n) is 3.63. The predicted octanol–water partition coefficient (Wildman–Crippen LogP) is 6.84. The second kappa shape index (κ2) is 12.3. The fourth-order valence-corrected chi connectivity index (χ4v) is 4.36. The monoisotopic (exact) mass is 503 g/mol. The number of hydrogen-bond donors (Lipinski definition) is 2. The Hall–Kier alpha value is -2.18. The summed E-state index contributed by atoms with van der Waals surface area (Å²) in [5.74, 6) is 0.817. The molecule has 33 heavy (non-hydrogen) atoms. The molecule has 0 radical (unpaired) electrons. The van der Waals surface area contributed by atoms with E-state index >= 15 is 0 Å². The molecule has 3 aromatic carbocycles. The number of carbonyl (C=O) groups is 1. The largest absolute Gasteiger partial charge is 0.482 e. The van der Waals surface area contributed by atoms with E-state index in [2.05, 4.69) is 17.9 Å². The molecule has 0 atom stereocenters. The molecular weight excluding hydrogens is 477 g/mol. The van der Waals surface area contributed by atoms with Crippen molar-refractivity contribution < 1.29 is 14.3 Å². The Morgan fingerprint density at radius 2 is 1.70 bits per heavy atom. The van der Waals surface area contributed by atoms with Gasteiger partial charge in [0.15, 0.2) is 0 Å². The lowest BCUT2D eigenvalue weighted by molar-refractivity contribution is -0.107. The highest BCUT2D eigenvalue weighted by Crippen LogP contribution is 2.41. The number of carbonyl (C=O) groups excluding carboxylic acids is 1. The molecule has 0 saturated carbocycles. The Kier molecular flexibility index (Phi) is 9.51. The SMILES string of the molecule is CNc1ccc(OC2(c3ccc(Cl)cc3Cl)CCOCC2)cc1.O=CCc1ccc(S)cc1. The van der Waals surface area contributed by atoms with E-state index in [1.807, 2.05) is 67.7 Å². The van der Waals surface area contributed by atoms with Crippen LogP contribution < -0.4 is 10.1 Å². The first kappa shape index (κ1) is 25.4. The molecule has 3 aromatic rings. The number of rotatable bonds is 6. The van der Waals surface area contributed by atoms with E-state index in [9.17, 15) is 4.79 Å². The van der Waals surface area contributed by atoms with Gasteiger partial charge in [0.2, 0.25) is 0 Å². The molecule has 4 nitrogen and oxygen atoms in total.